The second-order valence-electron chi connectivity index (χ2n) is 4.72. The lowest BCUT2D eigenvalue weighted by Crippen LogP contribution is -2.28. The number of rotatable bonds is 5. The van der Waals surface area contributed by atoms with E-state index in [-0.39, 0.29) is 18.0 Å². The van der Waals surface area contributed by atoms with Crippen molar-refractivity contribution in [2.45, 2.75) is 24.9 Å². The SMILES string of the molecule is Cc1occc1CN(C)S(=O)(=O)c1cc(F)ccc1CN. The molecule has 5 nitrogen and oxygen atoms in total. The first-order valence-corrected chi connectivity index (χ1v) is 7.78. The minimum absolute atomic E-state index is 0.0213. The number of nitrogens with zero attached hydrogens (tertiary/aromatic N) is 1. The van der Waals surface area contributed by atoms with E-state index in [4.69, 9.17) is 10.2 Å². The van der Waals surface area contributed by atoms with Gasteiger partial charge >= 0.3 is 0 Å². The smallest absolute Gasteiger partial charge is 0.243 e. The number of halogens is 1. The van der Waals surface area contributed by atoms with Crippen molar-refractivity contribution in [2.75, 3.05) is 7.05 Å². The van der Waals surface area contributed by atoms with Crippen molar-refractivity contribution >= 4 is 10.0 Å². The Morgan fingerprint density at radius 2 is 2.00 bits per heavy atom. The van der Waals surface area contributed by atoms with Gasteiger partial charge in [-0.15, -0.1) is 0 Å². The van der Waals surface area contributed by atoms with Gasteiger partial charge in [0.1, 0.15) is 11.6 Å². The molecule has 0 atom stereocenters. The van der Waals surface area contributed by atoms with Crippen LogP contribution in [-0.2, 0) is 23.1 Å². The van der Waals surface area contributed by atoms with E-state index >= 15 is 0 Å². The second kappa shape index (κ2) is 5.97. The van der Waals surface area contributed by atoms with Crippen LogP contribution in [0.1, 0.15) is 16.9 Å². The molecule has 0 amide bonds. The van der Waals surface area contributed by atoms with Gasteiger partial charge in [0.25, 0.3) is 0 Å². The third kappa shape index (κ3) is 3.15. The first-order valence-electron chi connectivity index (χ1n) is 6.34. The summed E-state index contributed by atoms with van der Waals surface area (Å²) in [6.45, 7) is 1.92. The van der Waals surface area contributed by atoms with Gasteiger partial charge in [-0.1, -0.05) is 6.07 Å². The first kappa shape index (κ1) is 15.7. The van der Waals surface area contributed by atoms with Gasteiger partial charge < -0.3 is 10.2 Å². The van der Waals surface area contributed by atoms with Crippen LogP contribution in [0.4, 0.5) is 4.39 Å². The van der Waals surface area contributed by atoms with Crippen LogP contribution in [0.2, 0.25) is 0 Å². The molecule has 1 aromatic carbocycles. The van der Waals surface area contributed by atoms with Crippen molar-refractivity contribution in [3.8, 4) is 0 Å². The Bertz CT molecular complexity index is 740. The Kier molecular flexibility index (Phi) is 4.46. The van der Waals surface area contributed by atoms with Crippen LogP contribution in [0.5, 0.6) is 0 Å². The van der Waals surface area contributed by atoms with Crippen LogP contribution in [-0.4, -0.2) is 19.8 Å². The Labute approximate surface area is 123 Å². The Balaban J connectivity index is 2.37. The van der Waals surface area contributed by atoms with E-state index in [1.54, 1.807) is 13.0 Å². The molecule has 0 aliphatic heterocycles. The highest BCUT2D eigenvalue weighted by atomic mass is 32.2. The predicted octanol–water partition coefficient (Wildman–Crippen LogP) is 2.01. The van der Waals surface area contributed by atoms with Crippen LogP contribution in [0.25, 0.3) is 0 Å². The third-order valence-corrected chi connectivity index (χ3v) is 5.18. The zero-order valence-corrected chi connectivity index (χ0v) is 12.7. The summed E-state index contributed by atoms with van der Waals surface area (Å²) in [7, 11) is -2.39. The lowest BCUT2D eigenvalue weighted by atomic mass is 10.2. The van der Waals surface area contributed by atoms with E-state index < -0.39 is 15.8 Å². The topological polar surface area (TPSA) is 76.5 Å². The van der Waals surface area contributed by atoms with Gasteiger partial charge in [-0.2, -0.15) is 4.31 Å². The van der Waals surface area contributed by atoms with Gasteiger partial charge in [0.05, 0.1) is 11.2 Å². The normalized spacial score (nSPS) is 12.0. The standard InChI is InChI=1S/C14H17FN2O3S/c1-10-12(5-6-20-10)9-17(2)21(18,19)14-7-13(15)4-3-11(14)8-16/h3-7H,8-9,16H2,1-2H3. The zero-order chi connectivity index (χ0) is 15.6. The Morgan fingerprint density at radius 3 is 2.57 bits per heavy atom. The summed E-state index contributed by atoms with van der Waals surface area (Å²) < 4.78 is 44.8. The molecule has 0 fully saturated rings. The van der Waals surface area contributed by atoms with Gasteiger partial charge in [-0.05, 0) is 30.7 Å². The maximum absolute atomic E-state index is 13.4. The minimum atomic E-state index is -3.83. The van der Waals surface area contributed by atoms with Crippen molar-refractivity contribution in [3.63, 3.8) is 0 Å². The summed E-state index contributed by atoms with van der Waals surface area (Å²) >= 11 is 0. The molecule has 21 heavy (non-hydrogen) atoms. The van der Waals surface area contributed by atoms with E-state index in [2.05, 4.69) is 0 Å². The lowest BCUT2D eigenvalue weighted by molar-refractivity contribution is 0.457. The molecule has 0 spiro atoms. The van der Waals surface area contributed by atoms with Gasteiger partial charge in [0.2, 0.25) is 10.0 Å². The highest BCUT2D eigenvalue weighted by Crippen LogP contribution is 2.22. The average molecular weight is 312 g/mol. The Hall–Kier alpha value is -1.70. The monoisotopic (exact) mass is 312 g/mol. The van der Waals surface area contributed by atoms with Crippen LogP contribution >= 0.6 is 0 Å². The third-order valence-electron chi connectivity index (χ3n) is 3.30. The van der Waals surface area contributed by atoms with Crippen LogP contribution < -0.4 is 5.73 Å². The number of furan rings is 1. The predicted molar refractivity (Wildman–Crippen MR) is 76.4 cm³/mol. The number of aryl methyl sites for hydroxylation is 1. The number of sulfonamides is 1. The van der Waals surface area contributed by atoms with Crippen molar-refractivity contribution < 1.29 is 17.2 Å². The molecule has 0 unspecified atom stereocenters. The summed E-state index contributed by atoms with van der Waals surface area (Å²) in [5.41, 5.74) is 6.68. The van der Waals surface area contributed by atoms with Crippen LogP contribution in [0, 0.1) is 12.7 Å². The van der Waals surface area contributed by atoms with E-state index in [9.17, 15) is 12.8 Å². The Morgan fingerprint density at radius 1 is 1.29 bits per heavy atom. The molecule has 0 saturated heterocycles. The zero-order valence-electron chi connectivity index (χ0n) is 11.8. The summed E-state index contributed by atoms with van der Waals surface area (Å²) in [4.78, 5) is -0.103. The van der Waals surface area contributed by atoms with Gasteiger partial charge in [-0.3, -0.25) is 0 Å². The maximum Gasteiger partial charge on any atom is 0.243 e. The molecule has 2 N–H and O–H groups in total. The van der Waals surface area contributed by atoms with E-state index in [0.717, 1.165) is 15.9 Å². The quantitative estimate of drug-likeness (QED) is 0.916. The van der Waals surface area contributed by atoms with Gasteiger partial charge in [-0.25, -0.2) is 12.8 Å². The second-order valence-corrected chi connectivity index (χ2v) is 6.73. The number of hydrogen-bond acceptors (Lipinski definition) is 4. The molecule has 2 rings (SSSR count). The molecule has 2 aromatic rings. The molecule has 114 valence electrons. The van der Waals surface area contributed by atoms with Crippen molar-refractivity contribution in [1.82, 2.24) is 4.31 Å². The molecule has 7 heteroatoms. The van der Waals surface area contributed by atoms with E-state index in [1.165, 1.54) is 25.4 Å². The summed E-state index contributed by atoms with van der Waals surface area (Å²) in [5, 5.41) is 0. The number of hydrogen-bond donors (Lipinski definition) is 1. The fourth-order valence-electron chi connectivity index (χ4n) is 2.01. The lowest BCUT2D eigenvalue weighted by Gasteiger charge is -2.18. The van der Waals surface area contributed by atoms with Crippen molar-refractivity contribution in [3.05, 3.63) is 53.2 Å². The largest absolute Gasteiger partial charge is 0.469 e. The highest BCUT2D eigenvalue weighted by Gasteiger charge is 2.25. The number of nitrogens with two attached hydrogens (primary N) is 1. The van der Waals surface area contributed by atoms with Crippen molar-refractivity contribution in [2.24, 2.45) is 5.73 Å². The average Bonchev–Trinajstić information content (AvgIpc) is 2.84. The molecule has 1 heterocycles. The first-order chi connectivity index (χ1) is 9.86. The fraction of sp³-hybridized carbons (Fsp3) is 0.286. The molecule has 0 saturated carbocycles. The summed E-state index contributed by atoms with van der Waals surface area (Å²) in [6.07, 6.45) is 1.50. The molecular formula is C14H17FN2O3S. The molecule has 0 bridgehead atoms. The van der Waals surface area contributed by atoms with E-state index in [0.29, 0.717) is 11.3 Å². The van der Waals surface area contributed by atoms with Crippen LogP contribution in [0.3, 0.4) is 0 Å². The van der Waals surface area contributed by atoms with E-state index in [1.807, 2.05) is 0 Å². The summed E-state index contributed by atoms with van der Waals surface area (Å²) in [6, 6.07) is 5.29. The molecule has 0 aliphatic rings. The molecule has 0 aliphatic carbocycles. The maximum atomic E-state index is 13.4. The van der Waals surface area contributed by atoms with Crippen molar-refractivity contribution in [1.29, 1.82) is 0 Å². The molecule has 0 radical (unpaired) electrons. The fourth-order valence-corrected chi connectivity index (χ4v) is 3.39. The minimum Gasteiger partial charge on any atom is -0.469 e. The summed E-state index contributed by atoms with van der Waals surface area (Å²) in [5.74, 6) is 0.0361. The van der Waals surface area contributed by atoms with Crippen LogP contribution in [0.15, 0.2) is 39.8 Å². The molecule has 1 aromatic heterocycles. The molecular weight excluding hydrogens is 295 g/mol. The van der Waals surface area contributed by atoms with Gasteiger partial charge in [0.15, 0.2) is 0 Å². The van der Waals surface area contributed by atoms with Gasteiger partial charge in [0, 0.05) is 25.7 Å². The highest BCUT2D eigenvalue weighted by molar-refractivity contribution is 7.89. The number of benzene rings is 1.